The molecule has 0 radical (unpaired) electrons. The first-order chi connectivity index (χ1) is 11.0. The normalized spacial score (nSPS) is 10.4. The van der Waals surface area contributed by atoms with Crippen LogP contribution in [0.1, 0.15) is 35.7 Å². The lowest BCUT2D eigenvalue weighted by Gasteiger charge is -2.15. The summed E-state index contributed by atoms with van der Waals surface area (Å²) < 4.78 is 13.2. The largest absolute Gasteiger partial charge is 0.493 e. The van der Waals surface area contributed by atoms with Crippen molar-refractivity contribution in [1.29, 1.82) is 0 Å². The van der Waals surface area contributed by atoms with Crippen LogP contribution >= 0.6 is 38.5 Å². The second kappa shape index (κ2) is 8.68. The van der Waals surface area contributed by atoms with E-state index in [1.54, 1.807) is 12.1 Å². The highest BCUT2D eigenvalue weighted by Crippen LogP contribution is 2.34. The van der Waals surface area contributed by atoms with Gasteiger partial charge in [-0.1, -0.05) is 31.5 Å². The van der Waals surface area contributed by atoms with E-state index in [2.05, 4.69) is 45.4 Å². The van der Waals surface area contributed by atoms with E-state index >= 15 is 0 Å². The zero-order chi connectivity index (χ0) is 16.8. The highest BCUT2D eigenvalue weighted by Gasteiger charge is 2.22. The Morgan fingerprint density at radius 1 is 1.26 bits per heavy atom. The zero-order valence-corrected chi connectivity index (χ0v) is 16.8. The van der Waals surface area contributed by atoms with Gasteiger partial charge in [-0.15, -0.1) is 0 Å². The third kappa shape index (κ3) is 4.70. The lowest BCUT2D eigenvalue weighted by molar-refractivity contribution is 0.0729. The maximum absolute atomic E-state index is 12.6. The van der Waals surface area contributed by atoms with Gasteiger partial charge in [0.2, 0.25) is 0 Å². The Labute approximate surface area is 158 Å². The van der Waals surface area contributed by atoms with E-state index in [9.17, 15) is 4.79 Å². The molecule has 0 saturated carbocycles. The maximum atomic E-state index is 12.6. The molecule has 23 heavy (non-hydrogen) atoms. The molecule has 5 heteroatoms. The van der Waals surface area contributed by atoms with Crippen LogP contribution in [0, 0.1) is 10.5 Å². The molecule has 0 amide bonds. The van der Waals surface area contributed by atoms with Crippen LogP contribution in [0.4, 0.5) is 0 Å². The van der Waals surface area contributed by atoms with E-state index in [4.69, 9.17) is 9.47 Å². The van der Waals surface area contributed by atoms with Gasteiger partial charge in [-0.3, -0.25) is 0 Å². The molecule has 0 aliphatic carbocycles. The van der Waals surface area contributed by atoms with Crippen molar-refractivity contribution >= 4 is 44.5 Å². The van der Waals surface area contributed by atoms with E-state index in [1.807, 2.05) is 31.2 Å². The Balaban J connectivity index is 2.34. The van der Waals surface area contributed by atoms with Crippen molar-refractivity contribution < 1.29 is 14.3 Å². The predicted molar refractivity (Wildman–Crippen MR) is 103 cm³/mol. The molecule has 0 unspecified atom stereocenters. The SMILES string of the molecule is CCCCOc1cc(Br)c(I)c(C)c1C(=O)Oc1ccccc1. The molecule has 0 aromatic heterocycles. The maximum Gasteiger partial charge on any atom is 0.347 e. The van der Waals surface area contributed by atoms with Crippen LogP contribution < -0.4 is 9.47 Å². The number of para-hydroxylation sites is 1. The predicted octanol–water partition coefficient (Wildman–Crippen LogP) is 5.76. The average molecular weight is 489 g/mol. The summed E-state index contributed by atoms with van der Waals surface area (Å²) in [5, 5.41) is 0. The van der Waals surface area contributed by atoms with Crippen LogP contribution in [0.5, 0.6) is 11.5 Å². The molecule has 0 atom stereocenters. The van der Waals surface area contributed by atoms with Gasteiger partial charge in [-0.2, -0.15) is 0 Å². The van der Waals surface area contributed by atoms with Crippen molar-refractivity contribution in [2.24, 2.45) is 0 Å². The molecule has 0 aliphatic heterocycles. The van der Waals surface area contributed by atoms with Gasteiger partial charge in [0.25, 0.3) is 0 Å². The van der Waals surface area contributed by atoms with Crippen molar-refractivity contribution in [3.8, 4) is 11.5 Å². The third-order valence-corrected chi connectivity index (χ3v) is 6.09. The highest BCUT2D eigenvalue weighted by molar-refractivity contribution is 14.1. The van der Waals surface area contributed by atoms with E-state index in [1.165, 1.54) is 0 Å². The Morgan fingerprint density at radius 2 is 1.96 bits per heavy atom. The second-order valence-electron chi connectivity index (χ2n) is 5.08. The molecule has 0 aliphatic rings. The molecule has 2 aromatic rings. The van der Waals surface area contributed by atoms with Gasteiger partial charge < -0.3 is 9.47 Å². The number of hydrogen-bond acceptors (Lipinski definition) is 3. The summed E-state index contributed by atoms with van der Waals surface area (Å²) in [7, 11) is 0. The van der Waals surface area contributed by atoms with E-state index in [0.717, 1.165) is 26.4 Å². The third-order valence-electron chi connectivity index (χ3n) is 3.33. The summed E-state index contributed by atoms with van der Waals surface area (Å²) in [5.74, 6) is 0.684. The molecule has 0 fully saturated rings. The fourth-order valence-electron chi connectivity index (χ4n) is 2.06. The second-order valence-corrected chi connectivity index (χ2v) is 7.01. The summed E-state index contributed by atoms with van der Waals surface area (Å²) >= 11 is 5.73. The van der Waals surface area contributed by atoms with Crippen LogP contribution in [0.25, 0.3) is 0 Å². The number of esters is 1. The molecule has 0 heterocycles. The minimum atomic E-state index is -0.398. The Morgan fingerprint density at radius 3 is 2.61 bits per heavy atom. The number of unbranched alkanes of at least 4 members (excludes halogenated alkanes) is 1. The van der Waals surface area contributed by atoms with Gasteiger partial charge in [0, 0.05) is 8.04 Å². The molecule has 0 bridgehead atoms. The number of carbonyl (C=O) groups excluding carboxylic acids is 1. The molecule has 2 aromatic carbocycles. The number of halogens is 2. The molecule has 122 valence electrons. The van der Waals surface area contributed by atoms with Gasteiger partial charge in [-0.25, -0.2) is 4.79 Å². The number of benzene rings is 2. The van der Waals surface area contributed by atoms with Crippen molar-refractivity contribution in [2.45, 2.75) is 26.7 Å². The van der Waals surface area contributed by atoms with Crippen LogP contribution in [0.15, 0.2) is 40.9 Å². The Kier molecular flexibility index (Phi) is 6.89. The van der Waals surface area contributed by atoms with E-state index in [-0.39, 0.29) is 0 Å². The Bertz CT molecular complexity index is 686. The van der Waals surface area contributed by atoms with Gasteiger partial charge in [0.05, 0.1) is 6.61 Å². The zero-order valence-electron chi connectivity index (χ0n) is 13.1. The highest BCUT2D eigenvalue weighted by atomic mass is 127. The van der Waals surface area contributed by atoms with Crippen molar-refractivity contribution in [3.05, 3.63) is 55.6 Å². The monoisotopic (exact) mass is 488 g/mol. The number of carbonyl (C=O) groups is 1. The van der Waals surface area contributed by atoms with Crippen LogP contribution in [-0.2, 0) is 0 Å². The molecule has 0 N–H and O–H groups in total. The topological polar surface area (TPSA) is 35.5 Å². The molecule has 2 rings (SSSR count). The number of rotatable bonds is 6. The van der Waals surface area contributed by atoms with Crippen LogP contribution in [0.3, 0.4) is 0 Å². The van der Waals surface area contributed by atoms with Gasteiger partial charge in [-0.05, 0) is 75.6 Å². The lowest BCUT2D eigenvalue weighted by atomic mass is 10.1. The molecular weight excluding hydrogens is 471 g/mol. The summed E-state index contributed by atoms with van der Waals surface area (Å²) in [6.45, 7) is 4.58. The molecule has 3 nitrogen and oxygen atoms in total. The molecule has 0 saturated heterocycles. The van der Waals surface area contributed by atoms with Gasteiger partial charge in [0.15, 0.2) is 0 Å². The minimum Gasteiger partial charge on any atom is -0.493 e. The Hall–Kier alpha value is -1.08. The standard InChI is InChI=1S/C18H18BrIO3/c1-3-4-10-22-15-11-14(19)17(20)12(2)16(15)18(21)23-13-8-6-5-7-9-13/h5-9,11H,3-4,10H2,1-2H3. The quantitative estimate of drug-likeness (QED) is 0.224. The summed E-state index contributed by atoms with van der Waals surface area (Å²) in [5.41, 5.74) is 1.34. The summed E-state index contributed by atoms with van der Waals surface area (Å²) in [4.78, 5) is 12.6. The first kappa shape index (κ1) is 18.3. The average Bonchev–Trinajstić information content (AvgIpc) is 2.54. The fourth-order valence-corrected chi connectivity index (χ4v) is 3.00. The van der Waals surface area contributed by atoms with E-state index in [0.29, 0.717) is 23.7 Å². The fraction of sp³-hybridized carbons (Fsp3) is 0.278. The van der Waals surface area contributed by atoms with Gasteiger partial charge >= 0.3 is 5.97 Å². The van der Waals surface area contributed by atoms with Crippen molar-refractivity contribution in [2.75, 3.05) is 6.61 Å². The van der Waals surface area contributed by atoms with Crippen LogP contribution in [0.2, 0.25) is 0 Å². The smallest absolute Gasteiger partial charge is 0.347 e. The number of ether oxygens (including phenoxy) is 2. The first-order valence-corrected chi connectivity index (χ1v) is 9.30. The van der Waals surface area contributed by atoms with Gasteiger partial charge in [0.1, 0.15) is 17.1 Å². The summed E-state index contributed by atoms with van der Waals surface area (Å²) in [6, 6.07) is 10.9. The number of hydrogen-bond donors (Lipinski definition) is 0. The van der Waals surface area contributed by atoms with Crippen molar-refractivity contribution in [3.63, 3.8) is 0 Å². The first-order valence-electron chi connectivity index (χ1n) is 7.43. The molecule has 0 spiro atoms. The lowest BCUT2D eigenvalue weighted by Crippen LogP contribution is -2.14. The molecular formula is C18H18BrIO3. The minimum absolute atomic E-state index is 0.398. The van der Waals surface area contributed by atoms with Crippen LogP contribution in [-0.4, -0.2) is 12.6 Å². The van der Waals surface area contributed by atoms with E-state index < -0.39 is 5.97 Å². The summed E-state index contributed by atoms with van der Waals surface area (Å²) in [6.07, 6.45) is 1.98. The van der Waals surface area contributed by atoms with Crippen molar-refractivity contribution in [1.82, 2.24) is 0 Å².